The van der Waals surface area contributed by atoms with Crippen LogP contribution in [0.25, 0.3) is 16.6 Å². The third kappa shape index (κ3) is 6.65. The molecule has 250 valence electrons. The molecule has 4 atom stereocenters. The minimum atomic E-state index is -0.538. The van der Waals surface area contributed by atoms with Gasteiger partial charge in [-0.3, -0.25) is 14.7 Å². The van der Waals surface area contributed by atoms with Crippen LogP contribution in [0.4, 0.5) is 4.79 Å². The summed E-state index contributed by atoms with van der Waals surface area (Å²) in [4.78, 5) is 43.3. The molecule has 1 aliphatic carbocycles. The van der Waals surface area contributed by atoms with E-state index in [-0.39, 0.29) is 29.5 Å². The number of amides is 2. The van der Waals surface area contributed by atoms with E-state index in [1.165, 1.54) is 12.0 Å². The highest BCUT2D eigenvalue weighted by atomic mass is 16.6. The minimum Gasteiger partial charge on any atom is -0.444 e. The fourth-order valence-corrected chi connectivity index (χ4v) is 7.89. The first-order chi connectivity index (χ1) is 22.8. The molecule has 3 aliphatic heterocycles. The van der Waals surface area contributed by atoms with Crippen molar-refractivity contribution in [3.05, 3.63) is 71.2 Å². The second kappa shape index (κ2) is 12.3. The number of aromatic nitrogens is 2. The number of benzene rings is 2. The molecule has 2 aromatic carbocycles. The molecule has 8 heteroatoms. The van der Waals surface area contributed by atoms with Crippen LogP contribution in [0.2, 0.25) is 0 Å². The lowest BCUT2D eigenvalue weighted by molar-refractivity contribution is -0.136. The summed E-state index contributed by atoms with van der Waals surface area (Å²) in [6.45, 7) is 12.7. The van der Waals surface area contributed by atoms with E-state index < -0.39 is 5.60 Å². The number of carbonyl (C=O) groups excluding carboxylic acids is 2. The normalized spacial score (nSPS) is 23.7. The Kier molecular flexibility index (Phi) is 8.22. The summed E-state index contributed by atoms with van der Waals surface area (Å²) in [5, 5.41) is 0. The van der Waals surface area contributed by atoms with Crippen molar-refractivity contribution < 1.29 is 14.3 Å². The molecule has 4 heterocycles. The van der Waals surface area contributed by atoms with Gasteiger partial charge in [-0.25, -0.2) is 9.78 Å². The van der Waals surface area contributed by atoms with Crippen LogP contribution in [0.15, 0.2) is 53.7 Å². The Labute approximate surface area is 284 Å². The molecule has 2 amide bonds. The fourth-order valence-electron chi connectivity index (χ4n) is 7.89. The molecule has 2 saturated heterocycles. The van der Waals surface area contributed by atoms with Gasteiger partial charge in [0.1, 0.15) is 11.4 Å². The first-order valence-corrected chi connectivity index (χ1v) is 17.5. The highest BCUT2D eigenvalue weighted by Gasteiger charge is 2.50. The summed E-state index contributed by atoms with van der Waals surface area (Å²) in [6, 6.07) is 14.8. The van der Waals surface area contributed by atoms with Crippen LogP contribution in [0, 0.1) is 23.2 Å². The molecular weight excluding hydrogens is 598 g/mol. The van der Waals surface area contributed by atoms with Gasteiger partial charge in [-0.1, -0.05) is 44.7 Å². The van der Waals surface area contributed by atoms with Gasteiger partial charge in [-0.2, -0.15) is 0 Å². The van der Waals surface area contributed by atoms with Crippen LogP contribution >= 0.6 is 0 Å². The summed E-state index contributed by atoms with van der Waals surface area (Å²) < 4.78 is 5.64. The number of allylic oxidation sites excluding steroid dienone is 1. The number of aromatic amines is 1. The second-order valence-corrected chi connectivity index (χ2v) is 16.2. The van der Waals surface area contributed by atoms with Crippen LogP contribution in [-0.2, 0) is 9.53 Å². The van der Waals surface area contributed by atoms with Crippen LogP contribution in [0.1, 0.15) is 115 Å². The van der Waals surface area contributed by atoms with E-state index in [1.54, 1.807) is 4.90 Å². The summed E-state index contributed by atoms with van der Waals surface area (Å²) >= 11 is 0. The number of rotatable bonds is 4. The average molecular weight is 646 g/mol. The number of hydrogen-bond donors (Lipinski definition) is 1. The van der Waals surface area contributed by atoms with Gasteiger partial charge in [0.25, 0.3) is 0 Å². The molecule has 4 aliphatic rings. The minimum absolute atomic E-state index is 0.0213. The molecule has 1 saturated carbocycles. The van der Waals surface area contributed by atoms with Crippen molar-refractivity contribution in [3.63, 3.8) is 0 Å². The van der Waals surface area contributed by atoms with E-state index in [1.807, 2.05) is 45.2 Å². The van der Waals surface area contributed by atoms with E-state index in [0.717, 1.165) is 71.4 Å². The average Bonchev–Trinajstić information content (AvgIpc) is 3.85. The van der Waals surface area contributed by atoms with Crippen LogP contribution in [-0.4, -0.2) is 61.7 Å². The van der Waals surface area contributed by atoms with E-state index in [0.29, 0.717) is 24.9 Å². The molecule has 0 spiro atoms. The van der Waals surface area contributed by atoms with Crippen molar-refractivity contribution in [2.45, 2.75) is 110 Å². The van der Waals surface area contributed by atoms with Gasteiger partial charge in [0.05, 0.1) is 23.1 Å². The number of fused-ring (bicyclic) bond motifs is 3. The maximum atomic E-state index is 13.4. The van der Waals surface area contributed by atoms with Gasteiger partial charge in [-0.15, -0.1) is 0 Å². The first kappa shape index (κ1) is 32.2. The zero-order chi connectivity index (χ0) is 33.8. The Morgan fingerprint density at radius 2 is 1.73 bits per heavy atom. The van der Waals surface area contributed by atoms with Crippen molar-refractivity contribution in [1.82, 2.24) is 19.8 Å². The Balaban J connectivity index is 1.000. The number of piperidine rings is 1. The lowest BCUT2D eigenvalue weighted by Gasteiger charge is -2.37. The van der Waals surface area contributed by atoms with E-state index in [4.69, 9.17) is 14.7 Å². The van der Waals surface area contributed by atoms with Crippen LogP contribution < -0.4 is 0 Å². The van der Waals surface area contributed by atoms with Crippen molar-refractivity contribution in [2.75, 3.05) is 6.54 Å². The largest absolute Gasteiger partial charge is 0.444 e. The first-order valence-electron chi connectivity index (χ1n) is 17.5. The third-order valence-corrected chi connectivity index (χ3v) is 9.96. The summed E-state index contributed by atoms with van der Waals surface area (Å²) in [6.07, 6.45) is 8.27. The van der Waals surface area contributed by atoms with Crippen molar-refractivity contribution in [3.8, 4) is 11.8 Å². The molecular formula is C40H47N5O3. The number of ether oxygens (including phenoxy) is 1. The van der Waals surface area contributed by atoms with Crippen molar-refractivity contribution >= 4 is 34.3 Å². The number of hydrogen-bond acceptors (Lipinski definition) is 5. The molecule has 3 fully saturated rings. The topological polar surface area (TPSA) is 90.9 Å². The highest BCUT2D eigenvalue weighted by molar-refractivity contribution is 6.03. The Morgan fingerprint density at radius 3 is 2.48 bits per heavy atom. The monoisotopic (exact) mass is 645 g/mol. The fraction of sp³-hybridized carbons (Fsp3) is 0.500. The van der Waals surface area contributed by atoms with Gasteiger partial charge in [0.2, 0.25) is 5.91 Å². The van der Waals surface area contributed by atoms with Gasteiger partial charge in [0, 0.05) is 48.5 Å². The third-order valence-electron chi connectivity index (χ3n) is 9.96. The summed E-state index contributed by atoms with van der Waals surface area (Å²) in [5.74, 6) is 8.22. The molecule has 1 N–H and O–H groups in total. The summed E-state index contributed by atoms with van der Waals surface area (Å²) in [5.41, 5.74) is 6.52. The number of imidazole rings is 1. The Morgan fingerprint density at radius 1 is 0.979 bits per heavy atom. The van der Waals surface area contributed by atoms with Crippen LogP contribution in [0.5, 0.6) is 0 Å². The van der Waals surface area contributed by atoms with Gasteiger partial charge in [0.15, 0.2) is 0 Å². The molecule has 1 aromatic heterocycles. The highest BCUT2D eigenvalue weighted by Crippen LogP contribution is 2.46. The molecule has 0 radical (unpaired) electrons. The molecule has 48 heavy (non-hydrogen) atoms. The number of aliphatic imine (C=N–C) groups is 1. The maximum Gasteiger partial charge on any atom is 0.410 e. The lowest BCUT2D eigenvalue weighted by Crippen LogP contribution is -2.49. The number of carbonyl (C=O) groups is 2. The van der Waals surface area contributed by atoms with Crippen LogP contribution in [0.3, 0.4) is 0 Å². The lowest BCUT2D eigenvalue weighted by atomic mass is 9.88. The van der Waals surface area contributed by atoms with Gasteiger partial charge in [-0.05, 0) is 106 Å². The Bertz CT molecular complexity index is 1860. The standard InChI is InChI=1S/C40H47N5O3/c1-39(2,3)23-35(46)45-30-17-16-28(21-30)36(45)33-22-29(24-41-33)27-14-11-25(12-15-27)9-10-26-13-18-31-32(20-26)43-37(42-31)34-8-7-19-44(34)38(47)48-40(4,5)6/h11-15,18,20,24,28,30,34,36H,7-8,16-17,19,21-23H2,1-6H3,(H,42,43)/t28-,30+,34+,36?/m1/s1. The number of H-pyrrole nitrogens is 1. The van der Waals surface area contributed by atoms with Crippen molar-refractivity contribution in [2.24, 2.45) is 16.3 Å². The second-order valence-electron chi connectivity index (χ2n) is 16.2. The predicted octanol–water partition coefficient (Wildman–Crippen LogP) is 8.04. The smallest absolute Gasteiger partial charge is 0.410 e. The van der Waals surface area contributed by atoms with E-state index in [2.05, 4.69) is 66.8 Å². The zero-order valence-electron chi connectivity index (χ0n) is 29.1. The Hall–Kier alpha value is -4.38. The van der Waals surface area contributed by atoms with E-state index >= 15 is 0 Å². The number of nitrogens with zero attached hydrogens (tertiary/aromatic N) is 4. The van der Waals surface area contributed by atoms with Crippen molar-refractivity contribution in [1.29, 1.82) is 0 Å². The molecule has 8 nitrogen and oxygen atoms in total. The summed E-state index contributed by atoms with van der Waals surface area (Å²) in [7, 11) is 0. The maximum absolute atomic E-state index is 13.4. The van der Waals surface area contributed by atoms with Gasteiger partial charge >= 0.3 is 6.09 Å². The quantitative estimate of drug-likeness (QED) is 0.291. The van der Waals surface area contributed by atoms with Gasteiger partial charge < -0.3 is 14.6 Å². The molecule has 2 bridgehead atoms. The SMILES string of the molecule is CC(C)(C)CC(=O)N1C(C2=NC=C(c3ccc(C#Cc4ccc5nc([C@@H]6CCCN6C(=O)OC(C)(C)C)[nH]c5c4)cc3)C2)[C@@H]2CC[C@H]1C2. The molecule has 1 unspecified atom stereocenters. The predicted molar refractivity (Wildman–Crippen MR) is 189 cm³/mol. The molecule has 3 aromatic rings. The zero-order valence-corrected chi connectivity index (χ0v) is 29.1. The number of nitrogens with one attached hydrogen (secondary N) is 1. The number of likely N-dealkylation sites (tertiary alicyclic amines) is 2. The van der Waals surface area contributed by atoms with E-state index in [9.17, 15) is 9.59 Å². The molecule has 7 rings (SSSR count).